The number of rotatable bonds is 6. The standard InChI is InChI=1S/C22H24FN3O6/c1-12(27)19(22(31)32-2)25-7-5-24(6-8-25)18-10-17-14(9-16(18)23)20(28)15(21(29)30)11-26(17)13-3-4-13/h9-11,13,19H,3-8H2,1-2H3,(H,29,30). The molecule has 10 heteroatoms. The third kappa shape index (κ3) is 3.86. The van der Waals surface area contributed by atoms with Gasteiger partial charge in [-0.15, -0.1) is 0 Å². The van der Waals surface area contributed by atoms with Gasteiger partial charge in [0.2, 0.25) is 5.43 Å². The van der Waals surface area contributed by atoms with Crippen molar-refractivity contribution in [1.82, 2.24) is 9.47 Å². The summed E-state index contributed by atoms with van der Waals surface area (Å²) < 4.78 is 21.5. The molecule has 2 aromatic rings. The molecule has 1 N–H and O–H groups in total. The molecule has 0 radical (unpaired) electrons. The Kier molecular flexibility index (Phi) is 5.72. The minimum Gasteiger partial charge on any atom is -0.477 e. The van der Waals surface area contributed by atoms with E-state index in [1.54, 1.807) is 20.4 Å². The van der Waals surface area contributed by atoms with Gasteiger partial charge < -0.3 is 19.3 Å². The number of carboxylic acids is 1. The number of nitrogens with zero attached hydrogens (tertiary/aromatic N) is 3. The number of Topliss-reactive ketones (excluding diaryl/α,β-unsaturated/α-hetero) is 1. The summed E-state index contributed by atoms with van der Waals surface area (Å²) in [6, 6.07) is 1.80. The summed E-state index contributed by atoms with van der Waals surface area (Å²) in [5, 5.41) is 9.41. The van der Waals surface area contributed by atoms with Crippen LogP contribution in [0.3, 0.4) is 0 Å². The summed E-state index contributed by atoms with van der Waals surface area (Å²) in [5.74, 6) is -2.89. The van der Waals surface area contributed by atoms with Crippen molar-refractivity contribution in [2.45, 2.75) is 31.8 Å². The monoisotopic (exact) mass is 445 g/mol. The number of benzene rings is 1. The van der Waals surface area contributed by atoms with Crippen molar-refractivity contribution < 1.29 is 28.6 Å². The molecular formula is C22H24FN3O6. The number of carbonyl (C=O) groups is 3. The van der Waals surface area contributed by atoms with E-state index in [0.29, 0.717) is 37.4 Å². The number of hydrogen-bond acceptors (Lipinski definition) is 7. The highest BCUT2D eigenvalue weighted by Crippen LogP contribution is 2.38. The van der Waals surface area contributed by atoms with Crippen LogP contribution >= 0.6 is 0 Å². The molecule has 170 valence electrons. The van der Waals surface area contributed by atoms with Crippen molar-refractivity contribution in [3.8, 4) is 0 Å². The molecule has 9 nitrogen and oxygen atoms in total. The van der Waals surface area contributed by atoms with Crippen LogP contribution in [0, 0.1) is 5.82 Å². The van der Waals surface area contributed by atoms with Gasteiger partial charge in [-0.25, -0.2) is 14.0 Å². The van der Waals surface area contributed by atoms with Crippen molar-refractivity contribution >= 4 is 34.3 Å². The van der Waals surface area contributed by atoms with Crippen LogP contribution in [-0.2, 0) is 14.3 Å². The molecule has 2 aliphatic rings. The van der Waals surface area contributed by atoms with E-state index >= 15 is 4.39 Å². The zero-order valence-electron chi connectivity index (χ0n) is 17.8. The number of fused-ring (bicyclic) bond motifs is 1. The first-order chi connectivity index (χ1) is 15.2. The Morgan fingerprint density at radius 1 is 1.16 bits per heavy atom. The number of piperazine rings is 1. The Balaban J connectivity index is 1.67. The van der Waals surface area contributed by atoms with Crippen LogP contribution < -0.4 is 10.3 Å². The lowest BCUT2D eigenvalue weighted by atomic mass is 10.1. The quantitative estimate of drug-likeness (QED) is 0.525. The number of hydrogen-bond donors (Lipinski definition) is 1. The molecule has 1 aromatic heterocycles. The number of carboxylic acid groups (broad SMARTS) is 1. The van der Waals surface area contributed by atoms with Crippen molar-refractivity contribution in [2.24, 2.45) is 0 Å². The van der Waals surface area contributed by atoms with E-state index in [0.717, 1.165) is 18.9 Å². The number of aromatic nitrogens is 1. The molecule has 1 atom stereocenters. The van der Waals surface area contributed by atoms with Gasteiger partial charge in [0.15, 0.2) is 11.8 Å². The highest BCUT2D eigenvalue weighted by molar-refractivity contribution is 6.02. The van der Waals surface area contributed by atoms with Gasteiger partial charge in [0, 0.05) is 43.8 Å². The van der Waals surface area contributed by atoms with E-state index in [4.69, 9.17) is 4.74 Å². The summed E-state index contributed by atoms with van der Waals surface area (Å²) >= 11 is 0. The summed E-state index contributed by atoms with van der Waals surface area (Å²) in [6.45, 7) is 2.77. The van der Waals surface area contributed by atoms with E-state index in [1.807, 2.05) is 0 Å². The number of carbonyl (C=O) groups excluding carboxylic acids is 2. The maximum absolute atomic E-state index is 15.1. The van der Waals surface area contributed by atoms with Crippen LogP contribution in [0.1, 0.15) is 36.2 Å². The Bertz CT molecular complexity index is 1160. The van der Waals surface area contributed by atoms with Gasteiger partial charge in [-0.1, -0.05) is 0 Å². The molecule has 0 bridgehead atoms. The fraction of sp³-hybridized carbons (Fsp3) is 0.455. The van der Waals surface area contributed by atoms with Gasteiger partial charge in [-0.2, -0.15) is 0 Å². The van der Waals surface area contributed by atoms with Crippen molar-refractivity contribution in [3.05, 3.63) is 39.9 Å². The molecule has 1 unspecified atom stereocenters. The molecule has 2 heterocycles. The predicted octanol–water partition coefficient (Wildman–Crippen LogP) is 1.43. The second-order valence-electron chi connectivity index (χ2n) is 8.20. The Morgan fingerprint density at radius 2 is 1.81 bits per heavy atom. The van der Waals surface area contributed by atoms with Crippen LogP contribution in [-0.4, -0.2) is 71.6 Å². The largest absolute Gasteiger partial charge is 0.477 e. The van der Waals surface area contributed by atoms with Gasteiger partial charge in [0.1, 0.15) is 11.4 Å². The van der Waals surface area contributed by atoms with Crippen molar-refractivity contribution in [1.29, 1.82) is 0 Å². The van der Waals surface area contributed by atoms with Gasteiger partial charge in [0.25, 0.3) is 0 Å². The summed E-state index contributed by atoms with van der Waals surface area (Å²) in [5.41, 5.74) is -0.283. The lowest BCUT2D eigenvalue weighted by molar-refractivity contribution is -0.150. The first-order valence-corrected chi connectivity index (χ1v) is 10.4. The number of methoxy groups -OCH3 is 1. The number of pyridine rings is 1. The summed E-state index contributed by atoms with van der Waals surface area (Å²) in [6.07, 6.45) is 3.07. The van der Waals surface area contributed by atoms with Crippen LogP contribution in [0.4, 0.5) is 10.1 Å². The zero-order chi connectivity index (χ0) is 23.2. The second kappa shape index (κ2) is 8.34. The summed E-state index contributed by atoms with van der Waals surface area (Å²) in [7, 11) is 1.23. The molecule has 4 rings (SSSR count). The number of halogens is 1. The van der Waals surface area contributed by atoms with E-state index in [1.165, 1.54) is 20.2 Å². The normalized spacial score (nSPS) is 17.9. The van der Waals surface area contributed by atoms with Gasteiger partial charge in [0.05, 0.1) is 18.3 Å². The molecular weight excluding hydrogens is 421 g/mol. The lowest BCUT2D eigenvalue weighted by Gasteiger charge is -2.38. The first-order valence-electron chi connectivity index (χ1n) is 10.4. The highest BCUT2D eigenvalue weighted by Gasteiger charge is 2.34. The van der Waals surface area contributed by atoms with Gasteiger partial charge in [-0.3, -0.25) is 14.5 Å². The van der Waals surface area contributed by atoms with E-state index < -0.39 is 29.2 Å². The predicted molar refractivity (Wildman–Crippen MR) is 114 cm³/mol. The number of esters is 1. The molecule has 0 spiro atoms. The average Bonchev–Trinajstić information content (AvgIpc) is 3.59. The smallest absolute Gasteiger partial charge is 0.341 e. The van der Waals surface area contributed by atoms with Crippen LogP contribution in [0.15, 0.2) is 23.1 Å². The number of aromatic carboxylic acids is 1. The Morgan fingerprint density at radius 3 is 2.34 bits per heavy atom. The van der Waals surface area contributed by atoms with E-state index in [9.17, 15) is 24.3 Å². The number of ether oxygens (including phenoxy) is 1. The zero-order valence-corrected chi connectivity index (χ0v) is 17.8. The SMILES string of the molecule is COC(=O)C(C(C)=O)N1CCN(c2cc3c(cc2F)c(=O)c(C(=O)O)cn3C2CC2)CC1. The third-order valence-corrected chi connectivity index (χ3v) is 6.10. The maximum atomic E-state index is 15.1. The Labute approximate surface area is 183 Å². The first kappa shape index (κ1) is 21.9. The van der Waals surface area contributed by atoms with E-state index in [-0.39, 0.29) is 22.8 Å². The maximum Gasteiger partial charge on any atom is 0.341 e. The van der Waals surface area contributed by atoms with E-state index in [2.05, 4.69) is 0 Å². The molecule has 1 saturated heterocycles. The van der Waals surface area contributed by atoms with Gasteiger partial charge in [-0.05, 0) is 31.9 Å². The molecule has 1 aliphatic heterocycles. The highest BCUT2D eigenvalue weighted by atomic mass is 19.1. The molecule has 1 aliphatic carbocycles. The second-order valence-corrected chi connectivity index (χ2v) is 8.20. The van der Waals surface area contributed by atoms with Crippen LogP contribution in [0.5, 0.6) is 0 Å². The average molecular weight is 445 g/mol. The fourth-order valence-corrected chi connectivity index (χ4v) is 4.31. The third-order valence-electron chi connectivity index (χ3n) is 6.10. The molecule has 0 amide bonds. The molecule has 1 saturated carbocycles. The van der Waals surface area contributed by atoms with Crippen molar-refractivity contribution in [3.63, 3.8) is 0 Å². The minimum atomic E-state index is -1.34. The summed E-state index contributed by atoms with van der Waals surface area (Å²) in [4.78, 5) is 51.5. The fourth-order valence-electron chi connectivity index (χ4n) is 4.31. The Hall–Kier alpha value is -3.27. The molecule has 32 heavy (non-hydrogen) atoms. The minimum absolute atomic E-state index is 0.0408. The van der Waals surface area contributed by atoms with Crippen LogP contribution in [0.2, 0.25) is 0 Å². The molecule has 1 aromatic carbocycles. The van der Waals surface area contributed by atoms with Crippen LogP contribution in [0.25, 0.3) is 10.9 Å². The number of ketones is 1. The lowest BCUT2D eigenvalue weighted by Crippen LogP contribution is -2.55. The van der Waals surface area contributed by atoms with Crippen molar-refractivity contribution in [2.75, 3.05) is 38.2 Å². The number of anilines is 1. The molecule has 2 fully saturated rings. The topological polar surface area (TPSA) is 109 Å². The van der Waals surface area contributed by atoms with Gasteiger partial charge >= 0.3 is 11.9 Å².